The first-order valence-electron chi connectivity index (χ1n) is 18.7. The molecule has 14 heteroatoms. The first kappa shape index (κ1) is 34.3. The summed E-state index contributed by atoms with van der Waals surface area (Å²) in [7, 11) is 3.55. The number of allylic oxidation sites excluding steroid dienone is 2. The number of benzene rings is 2. The molecule has 0 radical (unpaired) electrons. The fourth-order valence-corrected chi connectivity index (χ4v) is 12.5. The minimum Gasteiger partial charge on any atom is -0.504 e. The van der Waals surface area contributed by atoms with Crippen LogP contribution in [0.15, 0.2) is 41.6 Å². The highest BCUT2D eigenvalue weighted by atomic mass is 32.2. The number of thioether (sulfide) groups is 1. The summed E-state index contributed by atoms with van der Waals surface area (Å²) in [6.45, 7) is 5.61. The lowest BCUT2D eigenvalue weighted by atomic mass is 9.73. The zero-order valence-electron chi connectivity index (χ0n) is 30.8. The third-order valence-electron chi connectivity index (χ3n) is 13.0. The number of nitrogens with one attached hydrogen (secondary N) is 2. The van der Waals surface area contributed by atoms with E-state index in [1.807, 2.05) is 27.0 Å². The van der Waals surface area contributed by atoms with Crippen LogP contribution in [0.5, 0.6) is 28.7 Å². The van der Waals surface area contributed by atoms with Gasteiger partial charge < -0.3 is 39.2 Å². The van der Waals surface area contributed by atoms with E-state index in [0.717, 1.165) is 34.4 Å². The molecule has 2 aromatic rings. The number of hydrogen-bond acceptors (Lipinski definition) is 14. The molecule has 11 rings (SSSR count). The van der Waals surface area contributed by atoms with E-state index < -0.39 is 41.1 Å². The van der Waals surface area contributed by atoms with E-state index in [4.69, 9.17) is 23.7 Å². The topological polar surface area (TPSA) is 151 Å². The third-order valence-corrected chi connectivity index (χ3v) is 14.5. The number of nitrogens with zero attached hydrogens (tertiary/aromatic N) is 2. The van der Waals surface area contributed by atoms with Crippen LogP contribution >= 0.6 is 11.8 Å². The third kappa shape index (κ3) is 4.48. The van der Waals surface area contributed by atoms with E-state index in [2.05, 4.69) is 44.7 Å². The van der Waals surface area contributed by atoms with Crippen molar-refractivity contribution in [3.8, 4) is 28.7 Å². The summed E-state index contributed by atoms with van der Waals surface area (Å²) in [6.07, 6.45) is 8.71. The Kier molecular flexibility index (Phi) is 7.71. The molecule has 4 N–H and O–H groups in total. The van der Waals surface area contributed by atoms with Gasteiger partial charge in [0.2, 0.25) is 6.79 Å². The number of aryl methyl sites for hydroxylation is 1. The number of phenolic OH excluding ortho intramolecular Hbond substituents is 1. The molecule has 2 aromatic carbocycles. The van der Waals surface area contributed by atoms with Crippen molar-refractivity contribution >= 4 is 23.7 Å². The summed E-state index contributed by atoms with van der Waals surface area (Å²) in [5.41, 5.74) is 5.40. The van der Waals surface area contributed by atoms with Gasteiger partial charge in [0.05, 0.1) is 36.5 Å². The number of fused-ring (bicyclic) bond motifs is 10. The van der Waals surface area contributed by atoms with E-state index in [1.54, 1.807) is 18.9 Å². The Labute approximate surface area is 317 Å². The minimum atomic E-state index is -1.19. The van der Waals surface area contributed by atoms with Gasteiger partial charge in [0.1, 0.15) is 18.6 Å². The fourth-order valence-electron chi connectivity index (χ4n) is 10.8. The number of hydrogen-bond donors (Lipinski definition) is 4. The second kappa shape index (κ2) is 12.1. The van der Waals surface area contributed by atoms with Gasteiger partial charge in [-0.15, -0.1) is 11.8 Å². The average molecular weight is 757 g/mol. The molecule has 2 fully saturated rings. The standard InChI is InChI=1S/C40H44N4O9S/c1-17-12-20-13-24-38(47)44-25-14-50-39(48)40(37-22(10-11-41-40)21-8-6-7-9-23(21)42-37)15-54-36(30(44)29(43(24)4)26(20)31(46)32(17)49-5)28-27(25)35-34(51-16-52-35)18(2)33(28)53-19(3)45/h6-9,12,21,23-25,29-30,36,38,41-42,46-47H,10-11,13-16H2,1-5H3/t21?,23?,24?,25?,29?,30?,36-,38+,40+/m1/s1. The minimum absolute atomic E-state index is 0.0301. The first-order chi connectivity index (χ1) is 26.1. The van der Waals surface area contributed by atoms with E-state index in [9.17, 15) is 19.8 Å². The van der Waals surface area contributed by atoms with Gasteiger partial charge in [-0.05, 0) is 50.4 Å². The highest BCUT2D eigenvalue weighted by Crippen LogP contribution is 2.64. The SMILES string of the molecule is COc1c(C)cc2c(c1O)C1C3[C@@H]4SC[C@@]5(NCCC6=C5NC5C=CC=CC65)C(=O)OCC(c5c6c(c(C)c(OC(C)=O)c54)OCO6)N3[C@@H](O)C(C2)N1C. The van der Waals surface area contributed by atoms with Gasteiger partial charge in [0.15, 0.2) is 28.5 Å². The van der Waals surface area contributed by atoms with Crippen LogP contribution in [0, 0.1) is 19.8 Å². The number of aliphatic hydroxyl groups is 1. The Balaban J connectivity index is 1.22. The maximum atomic E-state index is 14.8. The summed E-state index contributed by atoms with van der Waals surface area (Å²) < 4.78 is 30.6. The van der Waals surface area contributed by atoms with Gasteiger partial charge in [-0.25, -0.2) is 4.79 Å². The van der Waals surface area contributed by atoms with Crippen molar-refractivity contribution in [2.75, 3.05) is 39.9 Å². The largest absolute Gasteiger partial charge is 0.504 e. The molecule has 9 aliphatic rings. The summed E-state index contributed by atoms with van der Waals surface area (Å²) in [5, 5.41) is 31.4. The monoisotopic (exact) mass is 756 g/mol. The zero-order chi connectivity index (χ0) is 37.4. The quantitative estimate of drug-likeness (QED) is 0.262. The highest BCUT2D eigenvalue weighted by molar-refractivity contribution is 7.99. The lowest BCUT2D eigenvalue weighted by Gasteiger charge is -2.62. The van der Waals surface area contributed by atoms with Gasteiger partial charge in [-0.1, -0.05) is 30.4 Å². The average Bonchev–Trinajstić information content (AvgIpc) is 3.80. The number of carbonyl (C=O) groups excluding carboxylic acids is 2. The Bertz CT molecular complexity index is 2120. The number of ether oxygens (including phenoxy) is 5. The predicted molar refractivity (Wildman–Crippen MR) is 198 cm³/mol. The van der Waals surface area contributed by atoms with Crippen LogP contribution < -0.4 is 29.6 Å². The molecular formula is C40H44N4O9S. The molecule has 4 bridgehead atoms. The highest BCUT2D eigenvalue weighted by Gasteiger charge is 2.62. The molecule has 13 nitrogen and oxygen atoms in total. The van der Waals surface area contributed by atoms with Gasteiger partial charge in [-0.2, -0.15) is 0 Å². The maximum Gasteiger partial charge on any atom is 0.333 e. The number of piperazine rings is 1. The van der Waals surface area contributed by atoms with Crippen molar-refractivity contribution in [1.82, 2.24) is 20.4 Å². The molecule has 0 aromatic heterocycles. The second-order valence-corrected chi connectivity index (χ2v) is 16.7. The van der Waals surface area contributed by atoms with Crippen LogP contribution in [0.1, 0.15) is 64.1 Å². The molecular weight excluding hydrogens is 713 g/mol. The molecule has 0 amide bonds. The summed E-state index contributed by atoms with van der Waals surface area (Å²) in [5.74, 6) is 1.36. The van der Waals surface area contributed by atoms with Gasteiger partial charge in [0, 0.05) is 59.1 Å². The first-order valence-corrected chi connectivity index (χ1v) is 19.7. The number of phenols is 1. The second-order valence-electron chi connectivity index (χ2n) is 15.6. The normalized spacial score (nSPS) is 34.4. The van der Waals surface area contributed by atoms with Crippen molar-refractivity contribution in [2.24, 2.45) is 5.92 Å². The van der Waals surface area contributed by atoms with E-state index in [-0.39, 0.29) is 48.9 Å². The number of esters is 2. The van der Waals surface area contributed by atoms with Crippen LogP contribution in [-0.2, 0) is 20.7 Å². The van der Waals surface area contributed by atoms with E-state index in [0.29, 0.717) is 47.1 Å². The molecule has 8 aliphatic heterocycles. The molecule has 2 saturated heterocycles. The van der Waals surface area contributed by atoms with Crippen molar-refractivity contribution in [3.63, 3.8) is 0 Å². The van der Waals surface area contributed by atoms with Crippen molar-refractivity contribution in [3.05, 3.63) is 75.0 Å². The van der Waals surface area contributed by atoms with Crippen LogP contribution in [0.3, 0.4) is 0 Å². The lowest BCUT2D eigenvalue weighted by Crippen LogP contribution is -2.70. The molecule has 8 heterocycles. The number of rotatable bonds is 2. The summed E-state index contributed by atoms with van der Waals surface area (Å²) in [6, 6.07) is 0.0665. The molecule has 0 saturated carbocycles. The van der Waals surface area contributed by atoms with Gasteiger partial charge >= 0.3 is 11.9 Å². The van der Waals surface area contributed by atoms with Crippen LogP contribution in [0.25, 0.3) is 0 Å². The Morgan fingerprint density at radius 3 is 2.69 bits per heavy atom. The Hall–Kier alpha value is -4.21. The van der Waals surface area contributed by atoms with Crippen molar-refractivity contribution in [1.29, 1.82) is 0 Å². The van der Waals surface area contributed by atoms with Crippen LogP contribution in [0.2, 0.25) is 0 Å². The number of methoxy groups -OCH3 is 1. The number of carbonyl (C=O) groups is 2. The zero-order valence-corrected chi connectivity index (χ0v) is 31.6. The Morgan fingerprint density at radius 1 is 1.09 bits per heavy atom. The molecule has 54 heavy (non-hydrogen) atoms. The Morgan fingerprint density at radius 2 is 1.89 bits per heavy atom. The molecule has 284 valence electrons. The van der Waals surface area contributed by atoms with E-state index in [1.165, 1.54) is 12.5 Å². The van der Waals surface area contributed by atoms with Crippen molar-refractivity contribution < 1.29 is 43.5 Å². The van der Waals surface area contributed by atoms with Gasteiger partial charge in [-0.3, -0.25) is 19.9 Å². The maximum absolute atomic E-state index is 14.8. The van der Waals surface area contributed by atoms with Gasteiger partial charge in [0.25, 0.3) is 0 Å². The van der Waals surface area contributed by atoms with Crippen LogP contribution in [0.4, 0.5) is 0 Å². The lowest BCUT2D eigenvalue weighted by molar-refractivity contribution is -0.185. The summed E-state index contributed by atoms with van der Waals surface area (Å²) in [4.78, 5) is 31.9. The number of aliphatic hydroxyl groups excluding tert-OH is 1. The molecule has 9 atom stereocenters. The van der Waals surface area contributed by atoms with Crippen molar-refractivity contribution in [2.45, 2.75) is 80.8 Å². The van der Waals surface area contributed by atoms with E-state index >= 15 is 0 Å². The number of likely N-dealkylation sites (N-methyl/N-ethyl adjacent to an activating group) is 1. The predicted octanol–water partition coefficient (Wildman–Crippen LogP) is 3.36. The molecule has 1 spiro atoms. The molecule has 6 unspecified atom stereocenters. The summed E-state index contributed by atoms with van der Waals surface area (Å²) >= 11 is 1.56. The molecule has 1 aliphatic carbocycles. The number of aromatic hydroxyl groups is 1. The fraction of sp³-hybridized carbons (Fsp3) is 0.500. The smallest absolute Gasteiger partial charge is 0.333 e. The van der Waals surface area contributed by atoms with Crippen LogP contribution in [-0.4, -0.2) is 102 Å².